The fraction of sp³-hybridized carbons (Fsp3) is 0.200. The third kappa shape index (κ3) is 3.22. The Balaban J connectivity index is 1.57. The Morgan fingerprint density at radius 1 is 1.38 bits per heavy atom. The van der Waals surface area contributed by atoms with Crippen LogP contribution in [0.4, 0.5) is 5.69 Å². The van der Waals surface area contributed by atoms with Crippen molar-refractivity contribution < 1.29 is 14.3 Å². The SMILES string of the molecule is O=C1COc2ccc(CCNC(=O)c3cccs3)cc2N1. The molecule has 3 rings (SSSR count). The molecule has 1 aliphatic heterocycles. The molecule has 1 aromatic carbocycles. The van der Waals surface area contributed by atoms with Gasteiger partial charge in [-0.15, -0.1) is 11.3 Å². The van der Waals surface area contributed by atoms with Crippen LogP contribution in [0.2, 0.25) is 0 Å². The zero-order chi connectivity index (χ0) is 14.7. The predicted molar refractivity (Wildman–Crippen MR) is 80.9 cm³/mol. The van der Waals surface area contributed by atoms with Crippen LogP contribution in [0.15, 0.2) is 35.7 Å². The third-order valence-electron chi connectivity index (χ3n) is 3.12. The number of carbonyl (C=O) groups is 2. The van der Waals surface area contributed by atoms with Crippen molar-refractivity contribution in [2.45, 2.75) is 6.42 Å². The van der Waals surface area contributed by atoms with Crippen LogP contribution in [-0.2, 0) is 11.2 Å². The first-order chi connectivity index (χ1) is 10.2. The Labute approximate surface area is 125 Å². The van der Waals surface area contributed by atoms with Crippen LogP contribution in [0.1, 0.15) is 15.2 Å². The maximum Gasteiger partial charge on any atom is 0.262 e. The van der Waals surface area contributed by atoms with Crippen LogP contribution < -0.4 is 15.4 Å². The summed E-state index contributed by atoms with van der Waals surface area (Å²) >= 11 is 1.42. The molecule has 0 bridgehead atoms. The molecule has 0 spiro atoms. The van der Waals surface area contributed by atoms with E-state index in [-0.39, 0.29) is 18.4 Å². The molecule has 2 N–H and O–H groups in total. The number of rotatable bonds is 4. The maximum absolute atomic E-state index is 11.8. The van der Waals surface area contributed by atoms with Gasteiger partial charge in [-0.25, -0.2) is 0 Å². The quantitative estimate of drug-likeness (QED) is 0.908. The number of nitrogens with one attached hydrogen (secondary N) is 2. The number of benzene rings is 1. The molecule has 0 radical (unpaired) electrons. The summed E-state index contributed by atoms with van der Waals surface area (Å²) in [5, 5.41) is 7.52. The molecule has 0 aliphatic carbocycles. The van der Waals surface area contributed by atoms with Crippen LogP contribution in [0, 0.1) is 0 Å². The van der Waals surface area contributed by atoms with Crippen LogP contribution in [-0.4, -0.2) is 25.0 Å². The minimum atomic E-state index is -0.148. The minimum absolute atomic E-state index is 0.0559. The Hall–Kier alpha value is -2.34. The highest BCUT2D eigenvalue weighted by Gasteiger charge is 2.15. The molecular weight excluding hydrogens is 288 g/mol. The van der Waals surface area contributed by atoms with Crippen molar-refractivity contribution in [1.29, 1.82) is 0 Å². The zero-order valence-corrected chi connectivity index (χ0v) is 12.0. The molecule has 6 heteroatoms. The second-order valence-corrected chi connectivity index (χ2v) is 5.60. The fourth-order valence-corrected chi connectivity index (χ4v) is 2.74. The standard InChI is InChI=1S/C15H14N2O3S/c18-14-9-20-12-4-3-10(8-11(12)17-14)5-6-16-15(19)13-2-1-7-21-13/h1-4,7-8H,5-6,9H2,(H,16,19)(H,17,18). The topological polar surface area (TPSA) is 67.4 Å². The summed E-state index contributed by atoms with van der Waals surface area (Å²) in [5.41, 5.74) is 1.72. The Bertz CT molecular complexity index is 668. The number of fused-ring (bicyclic) bond motifs is 1. The van der Waals surface area contributed by atoms with Crippen LogP contribution in [0.3, 0.4) is 0 Å². The maximum atomic E-state index is 11.8. The molecule has 0 fully saturated rings. The number of hydrogen-bond donors (Lipinski definition) is 2. The molecular formula is C15H14N2O3S. The van der Waals surface area contributed by atoms with Gasteiger partial charge < -0.3 is 15.4 Å². The van der Waals surface area contributed by atoms with Gasteiger partial charge in [-0.05, 0) is 35.6 Å². The lowest BCUT2D eigenvalue weighted by molar-refractivity contribution is -0.118. The molecule has 1 aliphatic rings. The summed E-state index contributed by atoms with van der Waals surface area (Å²) in [4.78, 5) is 23.8. The van der Waals surface area contributed by atoms with Crippen molar-refractivity contribution in [1.82, 2.24) is 5.32 Å². The Morgan fingerprint density at radius 3 is 3.10 bits per heavy atom. The molecule has 2 aromatic rings. The summed E-state index contributed by atoms with van der Waals surface area (Å²) in [6.07, 6.45) is 0.695. The van der Waals surface area contributed by atoms with Gasteiger partial charge in [0.15, 0.2) is 6.61 Å². The van der Waals surface area contributed by atoms with E-state index in [4.69, 9.17) is 4.74 Å². The van der Waals surface area contributed by atoms with Gasteiger partial charge in [-0.3, -0.25) is 9.59 Å². The Kier molecular flexibility index (Phi) is 3.87. The number of thiophene rings is 1. The van der Waals surface area contributed by atoms with Crippen molar-refractivity contribution in [3.8, 4) is 5.75 Å². The van der Waals surface area contributed by atoms with E-state index in [9.17, 15) is 9.59 Å². The monoisotopic (exact) mass is 302 g/mol. The minimum Gasteiger partial charge on any atom is -0.482 e. The van der Waals surface area contributed by atoms with Gasteiger partial charge in [0.25, 0.3) is 11.8 Å². The van der Waals surface area contributed by atoms with Crippen molar-refractivity contribution in [2.24, 2.45) is 0 Å². The first-order valence-electron chi connectivity index (χ1n) is 6.59. The number of carbonyl (C=O) groups excluding carboxylic acids is 2. The van der Waals surface area contributed by atoms with Gasteiger partial charge in [-0.2, -0.15) is 0 Å². The van der Waals surface area contributed by atoms with Gasteiger partial charge in [0.05, 0.1) is 10.6 Å². The highest BCUT2D eigenvalue weighted by molar-refractivity contribution is 7.12. The predicted octanol–water partition coefficient (Wildman–Crippen LogP) is 2.05. The summed E-state index contributed by atoms with van der Waals surface area (Å²) in [7, 11) is 0. The Morgan fingerprint density at radius 2 is 2.29 bits per heavy atom. The van der Waals surface area contributed by atoms with Crippen molar-refractivity contribution in [3.05, 3.63) is 46.2 Å². The fourth-order valence-electron chi connectivity index (χ4n) is 2.10. The number of ether oxygens (including phenoxy) is 1. The molecule has 108 valence electrons. The summed E-state index contributed by atoms with van der Waals surface area (Å²) < 4.78 is 5.30. The lowest BCUT2D eigenvalue weighted by atomic mass is 10.1. The first-order valence-corrected chi connectivity index (χ1v) is 7.47. The largest absolute Gasteiger partial charge is 0.482 e. The molecule has 0 atom stereocenters. The first kappa shape index (κ1) is 13.6. The van der Waals surface area contributed by atoms with Crippen molar-refractivity contribution in [3.63, 3.8) is 0 Å². The van der Waals surface area contributed by atoms with Crippen molar-refractivity contribution in [2.75, 3.05) is 18.5 Å². The summed E-state index contributed by atoms with van der Waals surface area (Å²) in [6.45, 7) is 0.605. The third-order valence-corrected chi connectivity index (χ3v) is 3.99. The van der Waals surface area contributed by atoms with E-state index >= 15 is 0 Å². The summed E-state index contributed by atoms with van der Waals surface area (Å²) in [5.74, 6) is 0.478. The molecule has 1 aromatic heterocycles. The van der Waals surface area contributed by atoms with E-state index in [1.165, 1.54) is 11.3 Å². The molecule has 0 unspecified atom stereocenters. The van der Waals surface area contributed by atoms with Crippen LogP contribution in [0.25, 0.3) is 0 Å². The van der Waals surface area contributed by atoms with E-state index in [1.54, 1.807) is 6.07 Å². The lowest BCUT2D eigenvalue weighted by Gasteiger charge is -2.18. The van der Waals surface area contributed by atoms with Gasteiger partial charge in [0, 0.05) is 6.54 Å². The molecule has 5 nitrogen and oxygen atoms in total. The zero-order valence-electron chi connectivity index (χ0n) is 11.2. The lowest BCUT2D eigenvalue weighted by Crippen LogP contribution is -2.26. The van der Waals surface area contributed by atoms with Crippen LogP contribution in [0.5, 0.6) is 5.75 Å². The molecule has 0 saturated carbocycles. The van der Waals surface area contributed by atoms with E-state index in [2.05, 4.69) is 10.6 Å². The molecule has 0 saturated heterocycles. The second kappa shape index (κ2) is 5.97. The second-order valence-electron chi connectivity index (χ2n) is 4.65. The van der Waals surface area contributed by atoms with E-state index < -0.39 is 0 Å². The van der Waals surface area contributed by atoms with Gasteiger partial charge in [0.1, 0.15) is 5.75 Å². The molecule has 2 amide bonds. The smallest absolute Gasteiger partial charge is 0.262 e. The van der Waals surface area contributed by atoms with E-state index in [0.717, 1.165) is 5.56 Å². The van der Waals surface area contributed by atoms with Crippen LogP contribution >= 0.6 is 11.3 Å². The number of hydrogen-bond acceptors (Lipinski definition) is 4. The molecule has 21 heavy (non-hydrogen) atoms. The van der Waals surface area contributed by atoms with Crippen molar-refractivity contribution >= 4 is 28.8 Å². The van der Waals surface area contributed by atoms with E-state index in [1.807, 2.05) is 29.6 Å². The average Bonchev–Trinajstić information content (AvgIpc) is 3.01. The van der Waals surface area contributed by atoms with E-state index in [0.29, 0.717) is 29.3 Å². The van der Waals surface area contributed by atoms with Gasteiger partial charge in [-0.1, -0.05) is 12.1 Å². The highest BCUT2D eigenvalue weighted by Crippen LogP contribution is 2.28. The van der Waals surface area contributed by atoms with Gasteiger partial charge in [0.2, 0.25) is 0 Å². The average molecular weight is 302 g/mol. The highest BCUT2D eigenvalue weighted by atomic mass is 32.1. The number of anilines is 1. The van der Waals surface area contributed by atoms with Gasteiger partial charge >= 0.3 is 0 Å². The molecule has 2 heterocycles. The summed E-state index contributed by atoms with van der Waals surface area (Å²) in [6, 6.07) is 9.31. The normalized spacial score (nSPS) is 13.0. The number of amides is 2.